The highest BCUT2D eigenvalue weighted by molar-refractivity contribution is 7.99. The molecule has 3 heterocycles. The number of amides is 1. The zero-order valence-corrected chi connectivity index (χ0v) is 16.4. The minimum atomic E-state index is -0.0793. The third-order valence-corrected chi connectivity index (χ3v) is 7.06. The van der Waals surface area contributed by atoms with E-state index in [1.165, 1.54) is 22.2 Å². The van der Waals surface area contributed by atoms with E-state index in [1.54, 1.807) is 11.3 Å². The summed E-state index contributed by atoms with van der Waals surface area (Å²) < 4.78 is 5.50. The lowest BCUT2D eigenvalue weighted by molar-refractivity contribution is -0.119. The number of nitrogens with one attached hydrogen (secondary N) is 2. The van der Waals surface area contributed by atoms with E-state index in [9.17, 15) is 9.59 Å². The van der Waals surface area contributed by atoms with Crippen LogP contribution >= 0.6 is 23.1 Å². The van der Waals surface area contributed by atoms with E-state index >= 15 is 0 Å². The summed E-state index contributed by atoms with van der Waals surface area (Å²) in [6.07, 6.45) is 5.31. The predicted molar refractivity (Wildman–Crippen MR) is 104 cm³/mol. The zero-order chi connectivity index (χ0) is 18.1. The Labute approximate surface area is 160 Å². The summed E-state index contributed by atoms with van der Waals surface area (Å²) in [7, 11) is 0. The first-order valence-electron chi connectivity index (χ1n) is 9.16. The molecular formula is C18H23N3O3S2. The third-order valence-electron chi connectivity index (χ3n) is 5.03. The molecule has 0 unspecified atom stereocenters. The number of aryl methyl sites for hydroxylation is 1. The molecule has 140 valence electrons. The maximum atomic E-state index is 12.5. The van der Waals surface area contributed by atoms with E-state index in [-0.39, 0.29) is 23.3 Å². The molecule has 2 aromatic rings. The lowest BCUT2D eigenvalue weighted by Crippen LogP contribution is -2.33. The van der Waals surface area contributed by atoms with Crippen molar-refractivity contribution in [3.63, 3.8) is 0 Å². The molecule has 2 aliphatic rings. The Morgan fingerprint density at radius 1 is 1.46 bits per heavy atom. The van der Waals surface area contributed by atoms with Crippen LogP contribution < -0.4 is 10.9 Å². The number of ether oxygens (including phenoxy) is 1. The molecule has 2 aromatic heterocycles. The van der Waals surface area contributed by atoms with Gasteiger partial charge in [-0.1, -0.05) is 18.7 Å². The Morgan fingerprint density at radius 2 is 2.35 bits per heavy atom. The second kappa shape index (κ2) is 7.70. The van der Waals surface area contributed by atoms with Gasteiger partial charge in [0.15, 0.2) is 5.16 Å². The molecule has 26 heavy (non-hydrogen) atoms. The van der Waals surface area contributed by atoms with Crippen LogP contribution in [0.2, 0.25) is 0 Å². The summed E-state index contributed by atoms with van der Waals surface area (Å²) in [4.78, 5) is 34.1. The quantitative estimate of drug-likeness (QED) is 0.602. The van der Waals surface area contributed by atoms with Gasteiger partial charge in [0.05, 0.1) is 17.2 Å². The lowest BCUT2D eigenvalue weighted by atomic mass is 9.89. The van der Waals surface area contributed by atoms with Gasteiger partial charge in [-0.2, -0.15) is 0 Å². The Morgan fingerprint density at radius 3 is 3.15 bits per heavy atom. The second-order valence-corrected chi connectivity index (χ2v) is 9.18. The molecule has 0 bridgehead atoms. The van der Waals surface area contributed by atoms with Gasteiger partial charge in [-0.25, -0.2) is 4.98 Å². The molecule has 4 rings (SSSR count). The predicted octanol–water partition coefficient (Wildman–Crippen LogP) is 2.50. The fraction of sp³-hybridized carbons (Fsp3) is 0.611. The van der Waals surface area contributed by atoms with Gasteiger partial charge >= 0.3 is 0 Å². The minimum absolute atomic E-state index is 0.0625. The van der Waals surface area contributed by atoms with Crippen molar-refractivity contribution in [1.82, 2.24) is 15.3 Å². The zero-order valence-electron chi connectivity index (χ0n) is 14.8. The molecule has 2 atom stereocenters. The van der Waals surface area contributed by atoms with Crippen LogP contribution in [0.3, 0.4) is 0 Å². The summed E-state index contributed by atoms with van der Waals surface area (Å²) in [6.45, 7) is 3.59. The van der Waals surface area contributed by atoms with Crippen molar-refractivity contribution in [2.75, 3.05) is 18.9 Å². The topological polar surface area (TPSA) is 84.1 Å². The second-order valence-electron chi connectivity index (χ2n) is 7.13. The van der Waals surface area contributed by atoms with Crippen molar-refractivity contribution >= 4 is 39.2 Å². The van der Waals surface area contributed by atoms with E-state index in [4.69, 9.17) is 4.74 Å². The fourth-order valence-corrected chi connectivity index (χ4v) is 5.75. The summed E-state index contributed by atoms with van der Waals surface area (Å²) >= 11 is 2.91. The molecule has 0 aromatic carbocycles. The van der Waals surface area contributed by atoms with Crippen LogP contribution in [0, 0.1) is 5.92 Å². The average Bonchev–Trinajstić information content (AvgIpc) is 3.24. The van der Waals surface area contributed by atoms with Crippen molar-refractivity contribution in [3.8, 4) is 0 Å². The smallest absolute Gasteiger partial charge is 0.260 e. The number of thiophene rings is 1. The number of rotatable bonds is 5. The number of hydrogen-bond acceptors (Lipinski definition) is 6. The highest BCUT2D eigenvalue weighted by Crippen LogP contribution is 2.36. The Bertz CT molecular complexity index is 870. The molecule has 8 heteroatoms. The maximum Gasteiger partial charge on any atom is 0.260 e. The highest BCUT2D eigenvalue weighted by atomic mass is 32.2. The van der Waals surface area contributed by atoms with Gasteiger partial charge in [-0.3, -0.25) is 9.59 Å². The van der Waals surface area contributed by atoms with Crippen LogP contribution in [0.25, 0.3) is 10.2 Å². The molecule has 0 radical (unpaired) electrons. The molecule has 2 N–H and O–H groups in total. The lowest BCUT2D eigenvalue weighted by Gasteiger charge is -2.17. The van der Waals surface area contributed by atoms with Crippen LogP contribution in [0.5, 0.6) is 0 Å². The molecule has 6 nitrogen and oxygen atoms in total. The SMILES string of the molecule is C[C@@H]1CCc2c(sc3nc(SCC(=O)NC[C@H]4CCCO4)[nH]c(=O)c23)C1. The van der Waals surface area contributed by atoms with Gasteiger partial charge in [-0.15, -0.1) is 11.3 Å². The van der Waals surface area contributed by atoms with Gasteiger partial charge in [0.25, 0.3) is 5.56 Å². The van der Waals surface area contributed by atoms with Crippen molar-refractivity contribution in [2.45, 2.75) is 50.3 Å². The van der Waals surface area contributed by atoms with Gasteiger partial charge in [0.1, 0.15) is 4.83 Å². The van der Waals surface area contributed by atoms with Crippen LogP contribution in [0.1, 0.15) is 36.6 Å². The molecule has 1 amide bonds. The molecule has 1 aliphatic carbocycles. The Balaban J connectivity index is 1.42. The van der Waals surface area contributed by atoms with E-state index in [0.29, 0.717) is 17.6 Å². The molecular weight excluding hydrogens is 370 g/mol. The molecule has 0 saturated carbocycles. The number of H-pyrrole nitrogens is 1. The van der Waals surface area contributed by atoms with Crippen molar-refractivity contribution in [3.05, 3.63) is 20.8 Å². The number of aromatic amines is 1. The Hall–Kier alpha value is -1.38. The van der Waals surface area contributed by atoms with Crippen molar-refractivity contribution in [2.24, 2.45) is 5.92 Å². The van der Waals surface area contributed by atoms with Crippen molar-refractivity contribution < 1.29 is 9.53 Å². The molecule has 1 aliphatic heterocycles. The number of carbonyl (C=O) groups is 1. The maximum absolute atomic E-state index is 12.5. The van der Waals surface area contributed by atoms with Gasteiger partial charge in [0, 0.05) is 18.0 Å². The van der Waals surface area contributed by atoms with Gasteiger partial charge in [0.2, 0.25) is 5.91 Å². The number of carbonyl (C=O) groups excluding carboxylic acids is 1. The van der Waals surface area contributed by atoms with Crippen molar-refractivity contribution in [1.29, 1.82) is 0 Å². The number of nitrogens with zero attached hydrogens (tertiary/aromatic N) is 1. The molecule has 1 saturated heterocycles. The molecule has 1 fully saturated rings. The third kappa shape index (κ3) is 3.82. The first kappa shape index (κ1) is 18.0. The van der Waals surface area contributed by atoms with E-state index in [0.717, 1.165) is 48.9 Å². The first-order chi connectivity index (χ1) is 12.6. The first-order valence-corrected chi connectivity index (χ1v) is 11.0. The Kier molecular flexibility index (Phi) is 5.33. The number of aromatic nitrogens is 2. The summed E-state index contributed by atoms with van der Waals surface area (Å²) in [6, 6.07) is 0. The highest BCUT2D eigenvalue weighted by Gasteiger charge is 2.23. The fourth-order valence-electron chi connectivity index (χ4n) is 3.62. The monoisotopic (exact) mass is 393 g/mol. The summed E-state index contributed by atoms with van der Waals surface area (Å²) in [5.74, 6) is 0.840. The van der Waals surface area contributed by atoms with Crippen LogP contribution in [-0.4, -0.2) is 40.9 Å². The van der Waals surface area contributed by atoms with E-state index < -0.39 is 0 Å². The number of fused-ring (bicyclic) bond motifs is 3. The van der Waals surface area contributed by atoms with Crippen LogP contribution in [-0.2, 0) is 22.4 Å². The van der Waals surface area contributed by atoms with E-state index in [2.05, 4.69) is 22.2 Å². The largest absolute Gasteiger partial charge is 0.376 e. The number of hydrogen-bond donors (Lipinski definition) is 2. The normalized spacial score (nSPS) is 22.5. The standard InChI is InChI=1S/C18H23N3O3S2/c1-10-4-5-12-13(7-10)26-17-15(12)16(23)20-18(21-17)25-9-14(22)19-8-11-3-2-6-24-11/h10-11H,2-9H2,1H3,(H,19,22)(H,20,21,23)/t10-,11-/m1/s1. The van der Waals surface area contributed by atoms with E-state index in [1.807, 2.05) is 0 Å². The minimum Gasteiger partial charge on any atom is -0.376 e. The van der Waals surface area contributed by atoms with Gasteiger partial charge < -0.3 is 15.0 Å². The van der Waals surface area contributed by atoms with Crippen LogP contribution in [0.4, 0.5) is 0 Å². The van der Waals surface area contributed by atoms with Gasteiger partial charge in [-0.05, 0) is 43.6 Å². The molecule has 0 spiro atoms. The number of thioether (sulfide) groups is 1. The summed E-state index contributed by atoms with van der Waals surface area (Å²) in [5, 5.41) is 4.16. The average molecular weight is 394 g/mol. The van der Waals surface area contributed by atoms with Crippen LogP contribution in [0.15, 0.2) is 9.95 Å². The summed E-state index contributed by atoms with van der Waals surface area (Å²) in [5.41, 5.74) is 1.10.